The van der Waals surface area contributed by atoms with Gasteiger partial charge in [0, 0.05) is 26.4 Å². The van der Waals surface area contributed by atoms with Gasteiger partial charge in [-0.05, 0) is 97.7 Å². The lowest BCUT2D eigenvalue weighted by Gasteiger charge is -2.19. The second-order valence-electron chi connectivity index (χ2n) is 31.6. The van der Waals surface area contributed by atoms with E-state index in [0.29, 0.717) is 12.5 Å². The molecule has 0 spiro atoms. The van der Waals surface area contributed by atoms with Gasteiger partial charge in [-0.3, -0.25) is 0 Å². The van der Waals surface area contributed by atoms with Gasteiger partial charge in [0.15, 0.2) is 0 Å². The van der Waals surface area contributed by atoms with Gasteiger partial charge in [0.25, 0.3) is 0 Å². The highest BCUT2D eigenvalue weighted by Gasteiger charge is 2.24. The minimum absolute atomic E-state index is 0.0551. The molecule has 0 bridgehead atoms. The molecule has 0 aromatic carbocycles. The van der Waals surface area contributed by atoms with Crippen LogP contribution in [0.2, 0.25) is 0 Å². The highest BCUT2D eigenvalue weighted by Crippen LogP contribution is 2.37. The fraction of sp³-hybridized carbons (Fsp3) is 1.00. The van der Waals surface area contributed by atoms with Crippen molar-refractivity contribution < 1.29 is 24.1 Å². The van der Waals surface area contributed by atoms with E-state index in [4.69, 9.17) is 18.9 Å². The topological polar surface area (TPSA) is 57.2 Å². The van der Waals surface area contributed by atoms with E-state index in [1.54, 1.807) is 6.42 Å². The van der Waals surface area contributed by atoms with E-state index in [-0.39, 0.29) is 18.8 Å². The molecule has 5 heteroatoms. The van der Waals surface area contributed by atoms with E-state index in [1.807, 2.05) is 0 Å². The molecule has 0 aromatic heterocycles. The molecule has 0 aromatic rings. The summed E-state index contributed by atoms with van der Waals surface area (Å²) in [5.74, 6) is 8.77. The number of aliphatic hydroxyl groups excluding tert-OH is 1. The normalized spacial score (nSPS) is 17.6. The van der Waals surface area contributed by atoms with Crippen molar-refractivity contribution in [2.24, 2.45) is 59.2 Å². The van der Waals surface area contributed by atoms with E-state index in [0.717, 1.165) is 106 Å². The predicted octanol–water partition coefficient (Wildman–Crippen LogP) is 26.5. The summed E-state index contributed by atoms with van der Waals surface area (Å²) in [5.41, 5.74) is 0. The molecular formula is C82H164O5. The van der Waals surface area contributed by atoms with E-state index in [9.17, 15) is 5.11 Å². The van der Waals surface area contributed by atoms with Crippen LogP contribution in [-0.4, -0.2) is 63.6 Å². The zero-order valence-electron chi connectivity index (χ0n) is 61.7. The molecule has 1 fully saturated rings. The first-order chi connectivity index (χ1) is 42.3. The fourth-order valence-electron chi connectivity index (χ4n) is 14.5. The van der Waals surface area contributed by atoms with Crippen LogP contribution < -0.4 is 0 Å². The molecule has 5 nitrogen and oxygen atoms in total. The van der Waals surface area contributed by atoms with Gasteiger partial charge in [-0.1, -0.05) is 372 Å². The quantitative estimate of drug-likeness (QED) is 0.0615. The van der Waals surface area contributed by atoms with Crippen molar-refractivity contribution >= 4 is 0 Å². The van der Waals surface area contributed by atoms with Crippen LogP contribution in [-0.2, 0) is 18.9 Å². The van der Waals surface area contributed by atoms with Crippen LogP contribution in [0, 0.1) is 59.2 Å². The Morgan fingerprint density at radius 3 is 0.828 bits per heavy atom. The molecule has 1 rings (SSSR count). The Kier molecular flexibility index (Phi) is 61.6. The molecule has 1 saturated carbocycles. The Hall–Kier alpha value is -0.200. The van der Waals surface area contributed by atoms with Crippen LogP contribution in [0.3, 0.4) is 0 Å². The van der Waals surface area contributed by atoms with Crippen LogP contribution in [0.1, 0.15) is 410 Å². The Balaban J connectivity index is 1.81. The van der Waals surface area contributed by atoms with E-state index < -0.39 is 0 Å². The zero-order chi connectivity index (χ0) is 63.5. The molecular weight excluding hydrogens is 1060 g/mol. The molecule has 0 saturated heterocycles. The van der Waals surface area contributed by atoms with Crippen molar-refractivity contribution in [3.63, 3.8) is 0 Å². The lowest BCUT2D eigenvalue weighted by molar-refractivity contribution is -0.0459. The maximum atomic E-state index is 9.84. The van der Waals surface area contributed by atoms with Crippen LogP contribution in [0.25, 0.3) is 0 Å². The van der Waals surface area contributed by atoms with Gasteiger partial charge in [0.2, 0.25) is 0 Å². The largest absolute Gasteiger partial charge is 0.394 e. The van der Waals surface area contributed by atoms with Crippen molar-refractivity contribution in [3.05, 3.63) is 0 Å². The maximum Gasteiger partial charge on any atom is 0.104 e. The molecule has 2 unspecified atom stereocenters. The lowest BCUT2D eigenvalue weighted by Crippen LogP contribution is -2.25. The Bertz CT molecular complexity index is 1240. The van der Waals surface area contributed by atoms with Crippen molar-refractivity contribution in [1.82, 2.24) is 0 Å². The summed E-state index contributed by atoms with van der Waals surface area (Å²) in [6.45, 7) is 31.0. The van der Waals surface area contributed by atoms with E-state index >= 15 is 0 Å². The van der Waals surface area contributed by atoms with Gasteiger partial charge >= 0.3 is 0 Å². The molecule has 0 amide bonds. The summed E-state index contributed by atoms with van der Waals surface area (Å²) < 4.78 is 24.3. The average molecular weight is 1230 g/mol. The van der Waals surface area contributed by atoms with Gasteiger partial charge in [0.1, 0.15) is 6.10 Å². The first-order valence-electron chi connectivity index (χ1n) is 40.3. The summed E-state index contributed by atoms with van der Waals surface area (Å²) in [7, 11) is 0. The van der Waals surface area contributed by atoms with Gasteiger partial charge in [0.05, 0.1) is 25.9 Å². The summed E-state index contributed by atoms with van der Waals surface area (Å²) in [6.07, 6.45) is 72.6. The van der Waals surface area contributed by atoms with Gasteiger partial charge in [-0.2, -0.15) is 0 Å². The zero-order valence-corrected chi connectivity index (χ0v) is 61.7. The SMILES string of the molecule is CC[C@H](COCCCCCCCCCCCCCCC[C@H]1CC[C@@H](CCCCCCCCCCCCCCCOC[C@@H](CO)OCCC(C)CCC[C@H](C)CCC[C@H](C)CCCC(C)C)C1)OCCC(C)CCC[C@H](C)CCC[C@H](C)CCCC(C)C. The standard InChI is InChI=1S/C82H164O5/c1-12-81(86-65-61-77(10)55-43-53-75(8)51-41-49-73(6)47-39-45-71(2)3)69-84-63-37-33-29-25-21-17-13-15-19-23-27-31-35-57-79-59-60-80(67-79)58-36-32-28-24-20-16-14-18-22-26-30-34-38-64-85-70-82(68-83)87-66-62-78(11)56-44-54-76(9)52-42-50-74(7)48-40-46-72(4)5/h71-83H,12-70H2,1-11H3/t73-,74-,75-,76-,77?,78?,79+,80-,81-,82-/m1/s1. The number of hydrogen-bond acceptors (Lipinski definition) is 5. The smallest absolute Gasteiger partial charge is 0.104 e. The summed E-state index contributed by atoms with van der Waals surface area (Å²) in [4.78, 5) is 0. The minimum Gasteiger partial charge on any atom is -0.394 e. The number of hydrogen-bond donors (Lipinski definition) is 1. The highest BCUT2D eigenvalue weighted by atomic mass is 16.5. The molecule has 1 aliphatic carbocycles. The van der Waals surface area contributed by atoms with Crippen molar-refractivity contribution in [3.8, 4) is 0 Å². The Morgan fingerprint density at radius 1 is 0.287 bits per heavy atom. The van der Waals surface area contributed by atoms with Crippen molar-refractivity contribution in [2.45, 2.75) is 422 Å². The van der Waals surface area contributed by atoms with Crippen LogP contribution >= 0.6 is 0 Å². The predicted molar refractivity (Wildman–Crippen MR) is 386 cm³/mol. The number of aliphatic hydroxyl groups is 1. The van der Waals surface area contributed by atoms with Gasteiger partial charge < -0.3 is 24.1 Å². The van der Waals surface area contributed by atoms with Crippen LogP contribution in [0.4, 0.5) is 0 Å². The van der Waals surface area contributed by atoms with Gasteiger partial charge in [-0.15, -0.1) is 0 Å². The van der Waals surface area contributed by atoms with Crippen LogP contribution in [0.15, 0.2) is 0 Å². The summed E-state index contributed by atoms with van der Waals surface area (Å²) in [5, 5.41) is 9.84. The van der Waals surface area contributed by atoms with E-state index in [2.05, 4.69) is 76.2 Å². The summed E-state index contributed by atoms with van der Waals surface area (Å²) >= 11 is 0. The Labute approximate surface area is 549 Å². The highest BCUT2D eigenvalue weighted by molar-refractivity contribution is 4.76. The number of unbranched alkanes of at least 4 members (excludes halogenated alkanes) is 24. The second-order valence-corrected chi connectivity index (χ2v) is 31.6. The fourth-order valence-corrected chi connectivity index (χ4v) is 14.5. The Morgan fingerprint density at radius 2 is 0.540 bits per heavy atom. The molecule has 0 aliphatic heterocycles. The van der Waals surface area contributed by atoms with Crippen molar-refractivity contribution in [2.75, 3.05) is 46.2 Å². The first kappa shape index (κ1) is 84.8. The van der Waals surface area contributed by atoms with Crippen molar-refractivity contribution in [1.29, 1.82) is 0 Å². The molecule has 0 heterocycles. The second kappa shape index (κ2) is 63.2. The molecule has 87 heavy (non-hydrogen) atoms. The molecule has 1 N–H and O–H groups in total. The molecule has 522 valence electrons. The third-order valence-electron chi connectivity index (χ3n) is 21.2. The molecule has 10 atom stereocenters. The average Bonchev–Trinajstić information content (AvgIpc) is 4.24. The molecule has 1 aliphatic rings. The summed E-state index contributed by atoms with van der Waals surface area (Å²) in [6, 6.07) is 0. The minimum atomic E-state index is -0.178. The maximum absolute atomic E-state index is 9.84. The third kappa shape index (κ3) is 59.3. The van der Waals surface area contributed by atoms with Crippen LogP contribution in [0.5, 0.6) is 0 Å². The lowest BCUT2D eigenvalue weighted by atomic mass is 9.91. The molecule has 0 radical (unpaired) electrons. The third-order valence-corrected chi connectivity index (χ3v) is 21.2. The monoisotopic (exact) mass is 1230 g/mol. The first-order valence-corrected chi connectivity index (χ1v) is 40.3. The van der Waals surface area contributed by atoms with Gasteiger partial charge in [-0.25, -0.2) is 0 Å². The number of rotatable bonds is 70. The number of ether oxygens (including phenoxy) is 4. The van der Waals surface area contributed by atoms with E-state index in [1.165, 1.54) is 308 Å².